The fourth-order valence-electron chi connectivity index (χ4n) is 2.94. The Morgan fingerprint density at radius 3 is 2.52 bits per heavy atom. The Bertz CT molecular complexity index is 354. The molecule has 1 unspecified atom stereocenters. The van der Waals surface area contributed by atoms with Gasteiger partial charge >= 0.3 is 12.0 Å². The first kappa shape index (κ1) is 17.8. The van der Waals surface area contributed by atoms with Crippen molar-refractivity contribution in [1.82, 2.24) is 15.5 Å². The maximum atomic E-state index is 12.3. The number of hydrogen-bond acceptors (Lipinski definition) is 3. The molecule has 21 heavy (non-hydrogen) atoms. The van der Waals surface area contributed by atoms with Crippen molar-refractivity contribution < 1.29 is 14.7 Å². The van der Waals surface area contributed by atoms with Crippen LogP contribution in [-0.2, 0) is 4.79 Å². The van der Waals surface area contributed by atoms with Crippen LogP contribution in [-0.4, -0.2) is 55.2 Å². The number of carbonyl (C=O) groups is 2. The molecule has 1 aliphatic heterocycles. The quantitative estimate of drug-likeness (QED) is 0.666. The minimum atomic E-state index is -0.851. The lowest BCUT2D eigenvalue weighted by Crippen LogP contribution is -2.50. The van der Waals surface area contributed by atoms with Crippen molar-refractivity contribution in [3.05, 3.63) is 0 Å². The number of amides is 2. The van der Waals surface area contributed by atoms with Gasteiger partial charge in [0.1, 0.15) is 0 Å². The molecule has 0 aliphatic carbocycles. The lowest BCUT2D eigenvalue weighted by molar-refractivity contribution is -0.149. The molecule has 0 spiro atoms. The number of nitrogens with zero attached hydrogens (tertiary/aromatic N) is 1. The van der Waals surface area contributed by atoms with Gasteiger partial charge in [0.05, 0.1) is 5.41 Å². The third-order valence-corrected chi connectivity index (χ3v) is 4.68. The summed E-state index contributed by atoms with van der Waals surface area (Å²) in [4.78, 5) is 25.5. The summed E-state index contributed by atoms with van der Waals surface area (Å²) in [6.07, 6.45) is 3.17. The monoisotopic (exact) mass is 299 g/mol. The number of rotatable bonds is 7. The zero-order valence-electron chi connectivity index (χ0n) is 13.4. The van der Waals surface area contributed by atoms with Gasteiger partial charge in [-0.05, 0) is 45.2 Å². The average Bonchev–Trinajstić information content (AvgIpc) is 2.49. The van der Waals surface area contributed by atoms with Crippen molar-refractivity contribution in [3.63, 3.8) is 0 Å². The number of aliphatic carboxylic acids is 1. The minimum absolute atomic E-state index is 0.136. The molecule has 6 nitrogen and oxygen atoms in total. The first-order chi connectivity index (χ1) is 9.99. The zero-order valence-corrected chi connectivity index (χ0v) is 13.4. The highest BCUT2D eigenvalue weighted by Crippen LogP contribution is 2.26. The summed E-state index contributed by atoms with van der Waals surface area (Å²) in [7, 11) is 1.92. The second-order valence-electron chi connectivity index (χ2n) is 5.96. The van der Waals surface area contributed by atoms with Gasteiger partial charge in [-0.3, -0.25) is 4.79 Å². The van der Waals surface area contributed by atoms with E-state index >= 15 is 0 Å². The van der Waals surface area contributed by atoms with Crippen LogP contribution in [0.5, 0.6) is 0 Å². The van der Waals surface area contributed by atoms with E-state index in [-0.39, 0.29) is 12.6 Å². The predicted molar refractivity (Wildman–Crippen MR) is 82.3 cm³/mol. The topological polar surface area (TPSA) is 81.7 Å². The molecule has 0 saturated carbocycles. The minimum Gasteiger partial charge on any atom is -0.481 e. The van der Waals surface area contributed by atoms with Crippen LogP contribution in [0, 0.1) is 11.3 Å². The standard InChI is InChI=1S/C15H29N3O3/c1-4-15(5-2,13(19)20)11-17-14(21)18-8-6-7-12(10-18)9-16-3/h12,16H,4-11H2,1-3H3,(H,17,21)(H,19,20). The number of nitrogens with one attached hydrogen (secondary N) is 2. The molecule has 1 aliphatic rings. The third kappa shape index (κ3) is 4.59. The summed E-state index contributed by atoms with van der Waals surface area (Å²) in [6.45, 7) is 6.31. The van der Waals surface area contributed by atoms with Gasteiger partial charge in [0.15, 0.2) is 0 Å². The molecule has 1 heterocycles. The normalized spacial score (nSPS) is 19.4. The van der Waals surface area contributed by atoms with E-state index in [9.17, 15) is 14.7 Å². The van der Waals surface area contributed by atoms with Crippen molar-refractivity contribution in [1.29, 1.82) is 0 Å². The highest BCUT2D eigenvalue weighted by molar-refractivity contribution is 5.78. The first-order valence-electron chi connectivity index (χ1n) is 7.89. The lowest BCUT2D eigenvalue weighted by Gasteiger charge is -2.34. The van der Waals surface area contributed by atoms with E-state index in [0.29, 0.717) is 18.8 Å². The van der Waals surface area contributed by atoms with Crippen molar-refractivity contribution in [2.75, 3.05) is 33.2 Å². The van der Waals surface area contributed by atoms with Gasteiger partial charge in [0.2, 0.25) is 0 Å². The average molecular weight is 299 g/mol. The molecule has 0 bridgehead atoms. The van der Waals surface area contributed by atoms with Gasteiger partial charge < -0.3 is 20.6 Å². The molecule has 1 saturated heterocycles. The van der Waals surface area contributed by atoms with E-state index in [2.05, 4.69) is 10.6 Å². The van der Waals surface area contributed by atoms with Crippen LogP contribution in [0.15, 0.2) is 0 Å². The van der Waals surface area contributed by atoms with Crippen molar-refractivity contribution in [2.45, 2.75) is 39.5 Å². The van der Waals surface area contributed by atoms with Crippen LogP contribution in [0.3, 0.4) is 0 Å². The van der Waals surface area contributed by atoms with Crippen LogP contribution < -0.4 is 10.6 Å². The second-order valence-corrected chi connectivity index (χ2v) is 5.96. The number of hydrogen-bond donors (Lipinski definition) is 3. The van der Waals surface area contributed by atoms with Gasteiger partial charge in [0.25, 0.3) is 0 Å². The highest BCUT2D eigenvalue weighted by atomic mass is 16.4. The van der Waals surface area contributed by atoms with Crippen LogP contribution >= 0.6 is 0 Å². The van der Waals surface area contributed by atoms with E-state index in [1.165, 1.54) is 0 Å². The maximum Gasteiger partial charge on any atom is 0.317 e. The molecule has 0 radical (unpaired) electrons. The van der Waals surface area contributed by atoms with Crippen molar-refractivity contribution >= 4 is 12.0 Å². The van der Waals surface area contributed by atoms with E-state index in [4.69, 9.17) is 0 Å². The van der Waals surface area contributed by atoms with Crippen LogP contribution in [0.25, 0.3) is 0 Å². The molecule has 3 N–H and O–H groups in total. The lowest BCUT2D eigenvalue weighted by atomic mass is 9.82. The predicted octanol–water partition coefficient (Wildman–Crippen LogP) is 1.52. The smallest absolute Gasteiger partial charge is 0.317 e. The molecular weight excluding hydrogens is 270 g/mol. The van der Waals surface area contributed by atoms with Gasteiger partial charge in [-0.15, -0.1) is 0 Å². The largest absolute Gasteiger partial charge is 0.481 e. The van der Waals surface area contributed by atoms with Gasteiger partial charge in [0, 0.05) is 19.6 Å². The van der Waals surface area contributed by atoms with Crippen LogP contribution in [0.2, 0.25) is 0 Å². The Kier molecular flexibility index (Phi) is 6.95. The Balaban J connectivity index is 2.54. The Labute approximate surface area is 127 Å². The van der Waals surface area contributed by atoms with Crippen LogP contribution in [0.1, 0.15) is 39.5 Å². The number of likely N-dealkylation sites (tertiary alicyclic amines) is 1. The molecule has 0 aromatic heterocycles. The number of carboxylic acids is 1. The van der Waals surface area contributed by atoms with Crippen molar-refractivity contribution in [3.8, 4) is 0 Å². The maximum absolute atomic E-state index is 12.3. The first-order valence-corrected chi connectivity index (χ1v) is 7.89. The third-order valence-electron chi connectivity index (χ3n) is 4.68. The molecule has 6 heteroatoms. The molecule has 0 aromatic rings. The summed E-state index contributed by atoms with van der Waals surface area (Å²) < 4.78 is 0. The van der Waals surface area contributed by atoms with Gasteiger partial charge in [-0.25, -0.2) is 4.79 Å². The second kappa shape index (κ2) is 8.22. The number of carboxylic acid groups (broad SMARTS) is 1. The van der Waals surface area contributed by atoms with E-state index < -0.39 is 11.4 Å². The summed E-state index contributed by atoms with van der Waals surface area (Å²) in [6, 6.07) is -0.136. The Hall–Kier alpha value is -1.30. The summed E-state index contributed by atoms with van der Waals surface area (Å²) in [5, 5.41) is 15.4. The zero-order chi connectivity index (χ0) is 15.9. The molecule has 1 atom stereocenters. The van der Waals surface area contributed by atoms with Crippen molar-refractivity contribution in [2.24, 2.45) is 11.3 Å². The number of piperidine rings is 1. The molecule has 1 rings (SSSR count). The summed E-state index contributed by atoms with van der Waals surface area (Å²) in [5.74, 6) is -0.351. The van der Waals surface area contributed by atoms with E-state index in [0.717, 1.165) is 32.5 Å². The van der Waals surface area contributed by atoms with Gasteiger partial charge in [-0.2, -0.15) is 0 Å². The summed E-state index contributed by atoms with van der Waals surface area (Å²) >= 11 is 0. The van der Waals surface area contributed by atoms with E-state index in [1.54, 1.807) is 0 Å². The fourth-order valence-corrected chi connectivity index (χ4v) is 2.94. The molecule has 0 aromatic carbocycles. The van der Waals surface area contributed by atoms with E-state index in [1.807, 2.05) is 25.8 Å². The molecule has 1 fully saturated rings. The SMILES string of the molecule is CCC(CC)(CNC(=O)N1CCCC(CNC)C1)C(=O)O. The Morgan fingerprint density at radius 1 is 1.33 bits per heavy atom. The molecule has 122 valence electrons. The molecular formula is C15H29N3O3. The fraction of sp³-hybridized carbons (Fsp3) is 0.867. The summed E-state index contributed by atoms with van der Waals surface area (Å²) in [5.41, 5.74) is -0.851. The number of carbonyl (C=O) groups excluding carboxylic acids is 1. The molecule has 2 amide bonds. The van der Waals surface area contributed by atoms with Gasteiger partial charge in [-0.1, -0.05) is 13.8 Å². The highest BCUT2D eigenvalue weighted by Gasteiger charge is 2.35. The number of urea groups is 1. The Morgan fingerprint density at radius 2 is 2.00 bits per heavy atom. The van der Waals surface area contributed by atoms with Crippen LogP contribution in [0.4, 0.5) is 4.79 Å².